The van der Waals surface area contributed by atoms with E-state index in [4.69, 9.17) is 14.2 Å². The fourth-order valence-corrected chi connectivity index (χ4v) is 4.39. The number of fused-ring (bicyclic) bond motifs is 3. The van der Waals surface area contributed by atoms with Gasteiger partial charge >= 0.3 is 5.97 Å². The minimum Gasteiger partial charge on any atom is -0.497 e. The Balaban J connectivity index is 1.63. The summed E-state index contributed by atoms with van der Waals surface area (Å²) >= 11 is 0. The van der Waals surface area contributed by atoms with Crippen LogP contribution in [0.2, 0.25) is 0 Å². The standard InChI is InChI=1S/C22H29N3O4/c1-3-28-21(26)22(6-9-23-10-7-22)8-11-25-12-13-29-19-15-24-18-5-4-16(27-2)14-17(18)20(19)25/h4-5,14-15,23H,3,6-13H2,1-2H3. The maximum atomic E-state index is 12.8. The summed E-state index contributed by atoms with van der Waals surface area (Å²) in [5.74, 6) is 1.52. The Kier molecular flexibility index (Phi) is 5.76. The molecule has 0 unspecified atom stereocenters. The zero-order valence-electron chi connectivity index (χ0n) is 17.2. The van der Waals surface area contributed by atoms with Crippen LogP contribution in [0.15, 0.2) is 24.4 Å². The van der Waals surface area contributed by atoms with E-state index in [-0.39, 0.29) is 5.97 Å². The second-order valence-electron chi connectivity index (χ2n) is 7.69. The van der Waals surface area contributed by atoms with Crippen LogP contribution in [-0.4, -0.2) is 57.5 Å². The highest BCUT2D eigenvalue weighted by Crippen LogP contribution is 2.41. The first-order valence-corrected chi connectivity index (χ1v) is 10.4. The van der Waals surface area contributed by atoms with E-state index in [9.17, 15) is 4.79 Å². The van der Waals surface area contributed by atoms with Crippen molar-refractivity contribution in [2.45, 2.75) is 26.2 Å². The predicted octanol–water partition coefficient (Wildman–Crippen LogP) is 2.77. The fraction of sp³-hybridized carbons (Fsp3) is 0.545. The normalized spacial score (nSPS) is 18.1. The van der Waals surface area contributed by atoms with E-state index in [1.165, 1.54) is 0 Å². The fourth-order valence-electron chi connectivity index (χ4n) is 4.39. The van der Waals surface area contributed by atoms with Crippen LogP contribution in [0.4, 0.5) is 5.69 Å². The van der Waals surface area contributed by atoms with Crippen LogP contribution in [0.25, 0.3) is 10.9 Å². The number of hydrogen-bond acceptors (Lipinski definition) is 7. The number of anilines is 1. The van der Waals surface area contributed by atoms with Gasteiger partial charge in [0.25, 0.3) is 0 Å². The molecule has 2 aromatic rings. The summed E-state index contributed by atoms with van der Waals surface area (Å²) in [4.78, 5) is 19.7. The first-order chi connectivity index (χ1) is 14.2. The number of nitrogens with one attached hydrogen (secondary N) is 1. The number of carbonyl (C=O) groups is 1. The zero-order chi connectivity index (χ0) is 20.3. The average molecular weight is 399 g/mol. The van der Waals surface area contributed by atoms with Gasteiger partial charge in [0.2, 0.25) is 0 Å². The number of methoxy groups -OCH3 is 1. The van der Waals surface area contributed by atoms with Crippen molar-refractivity contribution >= 4 is 22.6 Å². The lowest BCUT2D eigenvalue weighted by Crippen LogP contribution is -2.46. The number of esters is 1. The third-order valence-corrected chi connectivity index (χ3v) is 6.08. The van der Waals surface area contributed by atoms with Gasteiger partial charge in [-0.15, -0.1) is 0 Å². The van der Waals surface area contributed by atoms with Crippen LogP contribution in [0, 0.1) is 5.41 Å². The summed E-state index contributed by atoms with van der Waals surface area (Å²) < 4.78 is 16.8. The molecule has 1 fully saturated rings. The smallest absolute Gasteiger partial charge is 0.312 e. The molecule has 1 saturated heterocycles. The number of carbonyl (C=O) groups excluding carboxylic acids is 1. The van der Waals surface area contributed by atoms with E-state index < -0.39 is 5.41 Å². The molecule has 0 aliphatic carbocycles. The lowest BCUT2D eigenvalue weighted by atomic mass is 9.76. The molecule has 7 heteroatoms. The molecule has 1 N–H and O–H groups in total. The Morgan fingerprint density at radius 1 is 1.34 bits per heavy atom. The molecule has 3 heterocycles. The number of hydrogen-bond donors (Lipinski definition) is 1. The van der Waals surface area contributed by atoms with Crippen LogP contribution in [0.3, 0.4) is 0 Å². The number of rotatable bonds is 6. The molecular formula is C22H29N3O4. The largest absolute Gasteiger partial charge is 0.497 e. The summed E-state index contributed by atoms with van der Waals surface area (Å²) in [7, 11) is 1.67. The van der Waals surface area contributed by atoms with E-state index >= 15 is 0 Å². The van der Waals surface area contributed by atoms with Crippen molar-refractivity contribution in [2.24, 2.45) is 5.41 Å². The molecule has 0 amide bonds. The zero-order valence-corrected chi connectivity index (χ0v) is 17.2. The van der Waals surface area contributed by atoms with Gasteiger partial charge in [-0.25, -0.2) is 0 Å². The van der Waals surface area contributed by atoms with Crippen molar-refractivity contribution in [3.05, 3.63) is 24.4 Å². The molecule has 0 bridgehead atoms. The molecule has 1 aromatic carbocycles. The van der Waals surface area contributed by atoms with Gasteiger partial charge < -0.3 is 24.4 Å². The molecule has 7 nitrogen and oxygen atoms in total. The van der Waals surface area contributed by atoms with Gasteiger partial charge in [0.1, 0.15) is 12.4 Å². The van der Waals surface area contributed by atoms with Crippen molar-refractivity contribution in [2.75, 3.05) is 51.4 Å². The van der Waals surface area contributed by atoms with Crippen molar-refractivity contribution in [1.82, 2.24) is 10.3 Å². The molecule has 156 valence electrons. The quantitative estimate of drug-likeness (QED) is 0.749. The molecule has 2 aliphatic rings. The molecule has 0 saturated carbocycles. The minimum absolute atomic E-state index is 0.0590. The number of benzene rings is 1. The van der Waals surface area contributed by atoms with Gasteiger partial charge in [0.15, 0.2) is 5.75 Å². The predicted molar refractivity (Wildman–Crippen MR) is 112 cm³/mol. The number of ether oxygens (including phenoxy) is 3. The lowest BCUT2D eigenvalue weighted by Gasteiger charge is -2.38. The number of aromatic nitrogens is 1. The van der Waals surface area contributed by atoms with E-state index in [2.05, 4.69) is 15.2 Å². The van der Waals surface area contributed by atoms with Crippen LogP contribution in [0.1, 0.15) is 26.2 Å². The van der Waals surface area contributed by atoms with E-state index in [1.54, 1.807) is 13.3 Å². The van der Waals surface area contributed by atoms with Gasteiger partial charge in [-0.3, -0.25) is 9.78 Å². The average Bonchev–Trinajstić information content (AvgIpc) is 2.77. The monoisotopic (exact) mass is 399 g/mol. The van der Waals surface area contributed by atoms with Gasteiger partial charge in [-0.05, 0) is 57.5 Å². The van der Waals surface area contributed by atoms with Crippen LogP contribution in [-0.2, 0) is 9.53 Å². The molecule has 4 rings (SSSR count). The van der Waals surface area contributed by atoms with E-state index in [0.29, 0.717) is 13.2 Å². The van der Waals surface area contributed by atoms with Crippen LogP contribution < -0.4 is 19.7 Å². The third kappa shape index (κ3) is 3.83. The summed E-state index contributed by atoms with van der Waals surface area (Å²) in [5.41, 5.74) is 1.52. The Morgan fingerprint density at radius 3 is 2.93 bits per heavy atom. The Labute approximate surface area is 171 Å². The van der Waals surface area contributed by atoms with E-state index in [1.807, 2.05) is 25.1 Å². The summed E-state index contributed by atoms with van der Waals surface area (Å²) in [5, 5.41) is 4.37. The maximum Gasteiger partial charge on any atom is 0.312 e. The highest BCUT2D eigenvalue weighted by molar-refractivity contribution is 5.96. The third-order valence-electron chi connectivity index (χ3n) is 6.08. The maximum absolute atomic E-state index is 12.8. The lowest BCUT2D eigenvalue weighted by molar-refractivity contribution is -0.157. The van der Waals surface area contributed by atoms with Gasteiger partial charge in [0, 0.05) is 11.9 Å². The highest BCUT2D eigenvalue weighted by Gasteiger charge is 2.41. The second kappa shape index (κ2) is 8.45. The first kappa shape index (κ1) is 19.8. The van der Waals surface area contributed by atoms with E-state index in [0.717, 1.165) is 73.5 Å². The molecule has 0 atom stereocenters. The molecule has 1 aromatic heterocycles. The summed E-state index contributed by atoms with van der Waals surface area (Å²) in [6, 6.07) is 5.89. The van der Waals surface area contributed by atoms with Crippen LogP contribution in [0.5, 0.6) is 11.5 Å². The van der Waals surface area contributed by atoms with Gasteiger partial charge in [0.05, 0.1) is 43.1 Å². The minimum atomic E-state index is -0.416. The number of pyridine rings is 1. The van der Waals surface area contributed by atoms with Gasteiger partial charge in [-0.2, -0.15) is 0 Å². The number of piperidine rings is 1. The Bertz CT molecular complexity index is 874. The van der Waals surface area contributed by atoms with Crippen molar-refractivity contribution in [3.8, 4) is 11.5 Å². The van der Waals surface area contributed by atoms with Crippen molar-refractivity contribution < 1.29 is 19.0 Å². The molecule has 29 heavy (non-hydrogen) atoms. The Morgan fingerprint density at radius 2 is 2.17 bits per heavy atom. The first-order valence-electron chi connectivity index (χ1n) is 10.4. The van der Waals surface area contributed by atoms with Crippen molar-refractivity contribution in [1.29, 1.82) is 0 Å². The molecule has 2 aliphatic heterocycles. The summed E-state index contributed by atoms with van der Waals surface area (Å²) in [6.45, 7) is 6.15. The van der Waals surface area contributed by atoms with Crippen molar-refractivity contribution in [3.63, 3.8) is 0 Å². The van der Waals surface area contributed by atoms with Gasteiger partial charge in [-0.1, -0.05) is 0 Å². The SMILES string of the molecule is CCOC(=O)C1(CCN2CCOc3cnc4ccc(OC)cc4c32)CCNCC1. The Hall–Kier alpha value is -2.54. The second-order valence-corrected chi connectivity index (χ2v) is 7.69. The molecular weight excluding hydrogens is 370 g/mol. The van der Waals surface area contributed by atoms with Crippen LogP contribution >= 0.6 is 0 Å². The summed E-state index contributed by atoms with van der Waals surface area (Å²) in [6.07, 6.45) is 4.19. The highest BCUT2D eigenvalue weighted by atomic mass is 16.5. The molecule has 0 spiro atoms. The topological polar surface area (TPSA) is 72.9 Å². The molecule has 0 radical (unpaired) electrons. The number of nitrogens with zero attached hydrogens (tertiary/aromatic N) is 2.